The molecule has 0 saturated carbocycles. The first kappa shape index (κ1) is 12.1. The van der Waals surface area contributed by atoms with E-state index in [-0.39, 0.29) is 12.1 Å². The average Bonchev–Trinajstić information content (AvgIpc) is 2.28. The lowest BCUT2D eigenvalue weighted by Crippen LogP contribution is -2.35. The van der Waals surface area contributed by atoms with Crippen LogP contribution in [0.4, 0.5) is 10.5 Å². The number of carbonyl (C=O) groups excluding carboxylic acids is 1. The van der Waals surface area contributed by atoms with E-state index < -0.39 is 0 Å². The standard InChI is InChI=1S/C12H15N3O/c1-3-9(2)14-12(16)15-11-6-4-5-10(7-11)8-13/h4-7,9H,3H2,1-2H3,(H2,14,15,16)/t9-/m1/s1. The van der Waals surface area contributed by atoms with Crippen molar-refractivity contribution in [2.75, 3.05) is 5.32 Å². The first-order valence-corrected chi connectivity index (χ1v) is 5.23. The Labute approximate surface area is 95.3 Å². The zero-order valence-corrected chi connectivity index (χ0v) is 9.45. The van der Waals surface area contributed by atoms with E-state index in [1.54, 1.807) is 24.3 Å². The number of hydrogen-bond donors (Lipinski definition) is 2. The van der Waals surface area contributed by atoms with Gasteiger partial charge in [-0.05, 0) is 31.5 Å². The summed E-state index contributed by atoms with van der Waals surface area (Å²) >= 11 is 0. The van der Waals surface area contributed by atoms with Gasteiger partial charge in [0.2, 0.25) is 0 Å². The van der Waals surface area contributed by atoms with Gasteiger partial charge < -0.3 is 10.6 Å². The fourth-order valence-corrected chi connectivity index (χ4v) is 1.16. The summed E-state index contributed by atoms with van der Waals surface area (Å²) in [5.74, 6) is 0. The van der Waals surface area contributed by atoms with E-state index in [1.807, 2.05) is 19.9 Å². The Morgan fingerprint density at radius 1 is 1.56 bits per heavy atom. The molecule has 2 amide bonds. The summed E-state index contributed by atoms with van der Waals surface area (Å²) < 4.78 is 0. The molecule has 0 unspecified atom stereocenters. The first-order chi connectivity index (χ1) is 7.65. The fourth-order valence-electron chi connectivity index (χ4n) is 1.16. The largest absolute Gasteiger partial charge is 0.335 e. The molecule has 0 saturated heterocycles. The normalized spacial score (nSPS) is 11.3. The maximum atomic E-state index is 11.5. The molecule has 1 rings (SSSR count). The molecule has 0 aliphatic carbocycles. The van der Waals surface area contributed by atoms with Gasteiger partial charge in [-0.3, -0.25) is 0 Å². The van der Waals surface area contributed by atoms with Gasteiger partial charge in [-0.2, -0.15) is 5.26 Å². The Kier molecular flexibility index (Phi) is 4.34. The maximum Gasteiger partial charge on any atom is 0.319 e. The van der Waals surface area contributed by atoms with Crippen molar-refractivity contribution in [3.05, 3.63) is 29.8 Å². The van der Waals surface area contributed by atoms with E-state index in [2.05, 4.69) is 10.6 Å². The third kappa shape index (κ3) is 3.62. The van der Waals surface area contributed by atoms with Crippen LogP contribution in [0.3, 0.4) is 0 Å². The van der Waals surface area contributed by atoms with E-state index >= 15 is 0 Å². The van der Waals surface area contributed by atoms with Crippen LogP contribution in [-0.2, 0) is 0 Å². The van der Waals surface area contributed by atoms with Gasteiger partial charge in [-0.1, -0.05) is 13.0 Å². The molecular weight excluding hydrogens is 202 g/mol. The van der Waals surface area contributed by atoms with Crippen molar-refractivity contribution >= 4 is 11.7 Å². The topological polar surface area (TPSA) is 64.9 Å². The Morgan fingerprint density at radius 3 is 2.94 bits per heavy atom. The van der Waals surface area contributed by atoms with Crippen LogP contribution in [0.2, 0.25) is 0 Å². The number of hydrogen-bond acceptors (Lipinski definition) is 2. The van der Waals surface area contributed by atoms with Crippen molar-refractivity contribution in [1.29, 1.82) is 5.26 Å². The second-order valence-corrected chi connectivity index (χ2v) is 3.60. The fraction of sp³-hybridized carbons (Fsp3) is 0.333. The van der Waals surface area contributed by atoms with Gasteiger partial charge in [-0.25, -0.2) is 4.79 Å². The summed E-state index contributed by atoms with van der Waals surface area (Å²) in [5, 5.41) is 14.2. The molecule has 2 N–H and O–H groups in total. The minimum absolute atomic E-state index is 0.138. The summed E-state index contributed by atoms with van der Waals surface area (Å²) in [6, 6.07) is 8.72. The molecule has 0 bridgehead atoms. The summed E-state index contributed by atoms with van der Waals surface area (Å²) in [7, 11) is 0. The molecule has 84 valence electrons. The van der Waals surface area contributed by atoms with Gasteiger partial charge in [0.1, 0.15) is 0 Å². The monoisotopic (exact) mass is 217 g/mol. The molecule has 0 aliphatic heterocycles. The predicted molar refractivity (Wildman–Crippen MR) is 63.1 cm³/mol. The van der Waals surface area contributed by atoms with Crippen LogP contribution in [-0.4, -0.2) is 12.1 Å². The summed E-state index contributed by atoms with van der Waals surface area (Å²) in [4.78, 5) is 11.5. The van der Waals surface area contributed by atoms with Crippen LogP contribution in [0.5, 0.6) is 0 Å². The van der Waals surface area contributed by atoms with Gasteiger partial charge in [0, 0.05) is 11.7 Å². The third-order valence-corrected chi connectivity index (χ3v) is 2.24. The molecule has 0 heterocycles. The Morgan fingerprint density at radius 2 is 2.31 bits per heavy atom. The van der Waals surface area contributed by atoms with Crippen molar-refractivity contribution in [3.8, 4) is 6.07 Å². The number of nitriles is 1. The summed E-state index contributed by atoms with van der Waals surface area (Å²) in [6.07, 6.45) is 0.881. The highest BCUT2D eigenvalue weighted by atomic mass is 16.2. The van der Waals surface area contributed by atoms with Gasteiger partial charge in [0.05, 0.1) is 11.6 Å². The summed E-state index contributed by atoms with van der Waals surface area (Å²) in [5.41, 5.74) is 1.15. The van der Waals surface area contributed by atoms with Crippen LogP contribution >= 0.6 is 0 Å². The second kappa shape index (κ2) is 5.76. The van der Waals surface area contributed by atoms with Crippen LogP contribution in [0, 0.1) is 11.3 Å². The van der Waals surface area contributed by atoms with E-state index in [1.165, 1.54) is 0 Å². The van der Waals surface area contributed by atoms with E-state index in [0.717, 1.165) is 6.42 Å². The number of nitrogens with zero attached hydrogens (tertiary/aromatic N) is 1. The Balaban J connectivity index is 2.60. The molecule has 0 fully saturated rings. The molecule has 1 aromatic rings. The van der Waals surface area contributed by atoms with Crippen molar-refractivity contribution in [3.63, 3.8) is 0 Å². The molecule has 1 atom stereocenters. The molecule has 16 heavy (non-hydrogen) atoms. The van der Waals surface area contributed by atoms with Crippen LogP contribution in [0.1, 0.15) is 25.8 Å². The predicted octanol–water partition coefficient (Wildman–Crippen LogP) is 2.48. The van der Waals surface area contributed by atoms with Gasteiger partial charge in [0.15, 0.2) is 0 Å². The highest BCUT2D eigenvalue weighted by molar-refractivity contribution is 5.89. The minimum Gasteiger partial charge on any atom is -0.335 e. The van der Waals surface area contributed by atoms with E-state index in [9.17, 15) is 4.79 Å². The lowest BCUT2D eigenvalue weighted by molar-refractivity contribution is 0.249. The zero-order chi connectivity index (χ0) is 12.0. The molecule has 4 heteroatoms. The molecule has 1 aromatic carbocycles. The minimum atomic E-state index is -0.246. The maximum absolute atomic E-state index is 11.5. The second-order valence-electron chi connectivity index (χ2n) is 3.60. The third-order valence-electron chi connectivity index (χ3n) is 2.24. The highest BCUT2D eigenvalue weighted by Gasteiger charge is 2.05. The van der Waals surface area contributed by atoms with Crippen LogP contribution in [0.25, 0.3) is 0 Å². The number of amides is 2. The molecule has 0 radical (unpaired) electrons. The highest BCUT2D eigenvalue weighted by Crippen LogP contribution is 2.09. The van der Waals surface area contributed by atoms with Gasteiger partial charge >= 0.3 is 6.03 Å². The smallest absolute Gasteiger partial charge is 0.319 e. The van der Waals surface area contributed by atoms with Crippen molar-refractivity contribution in [2.24, 2.45) is 0 Å². The van der Waals surface area contributed by atoms with Crippen molar-refractivity contribution in [1.82, 2.24) is 5.32 Å². The van der Waals surface area contributed by atoms with Gasteiger partial charge in [0.25, 0.3) is 0 Å². The molecule has 0 spiro atoms. The quantitative estimate of drug-likeness (QED) is 0.816. The first-order valence-electron chi connectivity index (χ1n) is 5.23. The van der Waals surface area contributed by atoms with Crippen LogP contribution < -0.4 is 10.6 Å². The van der Waals surface area contributed by atoms with E-state index in [0.29, 0.717) is 11.3 Å². The Bertz CT molecular complexity index is 409. The van der Waals surface area contributed by atoms with Crippen LogP contribution in [0.15, 0.2) is 24.3 Å². The number of anilines is 1. The molecule has 4 nitrogen and oxygen atoms in total. The summed E-state index contributed by atoms with van der Waals surface area (Å²) in [6.45, 7) is 3.94. The molecule has 0 aromatic heterocycles. The number of urea groups is 1. The number of rotatable bonds is 3. The SMILES string of the molecule is CC[C@@H](C)NC(=O)Nc1cccc(C#N)c1. The average molecular weight is 217 g/mol. The zero-order valence-electron chi connectivity index (χ0n) is 9.45. The van der Waals surface area contributed by atoms with Crippen molar-refractivity contribution < 1.29 is 4.79 Å². The molecular formula is C12H15N3O. The number of nitrogens with one attached hydrogen (secondary N) is 2. The molecule has 0 aliphatic rings. The number of benzene rings is 1. The van der Waals surface area contributed by atoms with E-state index in [4.69, 9.17) is 5.26 Å². The Hall–Kier alpha value is -2.02. The van der Waals surface area contributed by atoms with Gasteiger partial charge in [-0.15, -0.1) is 0 Å². The lowest BCUT2D eigenvalue weighted by atomic mass is 10.2. The number of carbonyl (C=O) groups is 1. The lowest BCUT2D eigenvalue weighted by Gasteiger charge is -2.12. The van der Waals surface area contributed by atoms with Crippen molar-refractivity contribution in [2.45, 2.75) is 26.3 Å².